The number of carbonyl (C=O) groups is 2. The molecule has 0 aliphatic heterocycles. The van der Waals surface area contributed by atoms with Gasteiger partial charge in [0.25, 0.3) is 5.91 Å². The van der Waals surface area contributed by atoms with Crippen LogP contribution in [0.4, 0.5) is 10.1 Å². The molecule has 7 heteroatoms. The van der Waals surface area contributed by atoms with E-state index in [-0.39, 0.29) is 11.6 Å². The second kappa shape index (κ2) is 5.66. The second-order valence-corrected chi connectivity index (χ2v) is 6.40. The number of hydrogen-bond acceptors (Lipinski definition) is 3. The van der Waals surface area contributed by atoms with Crippen LogP contribution in [-0.4, -0.2) is 17.0 Å². The van der Waals surface area contributed by atoms with E-state index in [1.165, 1.54) is 17.4 Å². The van der Waals surface area contributed by atoms with Crippen molar-refractivity contribution in [3.05, 3.63) is 49.5 Å². The molecule has 4 nitrogen and oxygen atoms in total. The van der Waals surface area contributed by atoms with E-state index in [0.717, 1.165) is 15.0 Å². The molecule has 0 aliphatic carbocycles. The number of hydrogen-bond donors (Lipinski definition) is 2. The molecule has 1 aromatic heterocycles. The molecular formula is C12H7FINO3S. The number of anilines is 1. The van der Waals surface area contributed by atoms with Crippen molar-refractivity contribution >= 4 is 51.5 Å². The number of amides is 1. The summed E-state index contributed by atoms with van der Waals surface area (Å²) in [4.78, 5) is 22.6. The lowest BCUT2D eigenvalue weighted by molar-refractivity contribution is 0.0691. The molecule has 0 radical (unpaired) electrons. The number of carboxylic acid groups (broad SMARTS) is 1. The Morgan fingerprint density at radius 2 is 2.05 bits per heavy atom. The monoisotopic (exact) mass is 391 g/mol. The van der Waals surface area contributed by atoms with Crippen LogP contribution in [0.15, 0.2) is 29.6 Å². The van der Waals surface area contributed by atoms with Gasteiger partial charge >= 0.3 is 5.97 Å². The minimum Gasteiger partial charge on any atom is -0.478 e. The Morgan fingerprint density at radius 1 is 1.32 bits per heavy atom. The molecule has 1 aromatic carbocycles. The van der Waals surface area contributed by atoms with Crippen molar-refractivity contribution in [3.63, 3.8) is 0 Å². The van der Waals surface area contributed by atoms with Crippen molar-refractivity contribution in [2.75, 3.05) is 5.32 Å². The summed E-state index contributed by atoms with van der Waals surface area (Å²) >= 11 is 3.52. The number of carbonyl (C=O) groups excluding carboxylic acids is 1. The van der Waals surface area contributed by atoms with E-state index in [9.17, 15) is 14.0 Å². The third-order valence-electron chi connectivity index (χ3n) is 2.28. The summed E-state index contributed by atoms with van der Waals surface area (Å²) in [5, 5.41) is 13.0. The van der Waals surface area contributed by atoms with Gasteiger partial charge in [-0.3, -0.25) is 4.79 Å². The van der Waals surface area contributed by atoms with Crippen LogP contribution in [0.1, 0.15) is 20.7 Å². The highest BCUT2D eigenvalue weighted by Gasteiger charge is 2.13. The first-order chi connectivity index (χ1) is 8.97. The van der Waals surface area contributed by atoms with E-state index in [4.69, 9.17) is 5.11 Å². The maximum atomic E-state index is 13.2. The van der Waals surface area contributed by atoms with Gasteiger partial charge in [-0.2, -0.15) is 0 Å². The molecule has 98 valence electrons. The van der Waals surface area contributed by atoms with Gasteiger partial charge in [-0.25, -0.2) is 9.18 Å². The first kappa shape index (κ1) is 13.9. The van der Waals surface area contributed by atoms with Gasteiger partial charge in [-0.15, -0.1) is 11.3 Å². The van der Waals surface area contributed by atoms with Gasteiger partial charge in [0.05, 0.1) is 14.0 Å². The molecule has 0 aliphatic rings. The Balaban J connectivity index is 2.22. The zero-order valence-electron chi connectivity index (χ0n) is 9.31. The molecule has 0 saturated heterocycles. The standard InChI is InChI=1S/C12H7FINO3S/c13-9-2-1-7(4-8(9)12(17)18)15-11(16)6-3-10(14)19-5-6/h1-5H,(H,15,16)(H,17,18). The molecule has 2 N–H and O–H groups in total. The topological polar surface area (TPSA) is 66.4 Å². The minimum atomic E-state index is -1.38. The fraction of sp³-hybridized carbons (Fsp3) is 0. The highest BCUT2D eigenvalue weighted by Crippen LogP contribution is 2.19. The number of benzene rings is 1. The van der Waals surface area contributed by atoms with Crippen LogP contribution < -0.4 is 5.32 Å². The van der Waals surface area contributed by atoms with Crippen molar-refractivity contribution in [2.24, 2.45) is 0 Å². The average Bonchev–Trinajstić information content (AvgIpc) is 2.78. The maximum Gasteiger partial charge on any atom is 0.338 e. The Labute approximate surface area is 125 Å². The number of carboxylic acids is 1. The highest BCUT2D eigenvalue weighted by atomic mass is 127. The summed E-state index contributed by atoms with van der Waals surface area (Å²) in [6, 6.07) is 5.13. The van der Waals surface area contributed by atoms with Crippen LogP contribution in [0.2, 0.25) is 0 Å². The second-order valence-electron chi connectivity index (χ2n) is 3.59. The molecule has 2 rings (SSSR count). The minimum absolute atomic E-state index is 0.241. The summed E-state index contributed by atoms with van der Waals surface area (Å²) in [7, 11) is 0. The summed E-state index contributed by atoms with van der Waals surface area (Å²) in [6.07, 6.45) is 0. The Bertz CT molecular complexity index is 656. The fourth-order valence-corrected chi connectivity index (χ4v) is 2.73. The van der Waals surface area contributed by atoms with Gasteiger partial charge in [0.2, 0.25) is 0 Å². The van der Waals surface area contributed by atoms with Crippen molar-refractivity contribution in [1.29, 1.82) is 0 Å². The van der Waals surface area contributed by atoms with Crippen molar-refractivity contribution in [1.82, 2.24) is 0 Å². The summed E-state index contributed by atoms with van der Waals surface area (Å²) in [5.74, 6) is -2.57. The Hall–Kier alpha value is -1.48. The Morgan fingerprint density at radius 3 is 2.63 bits per heavy atom. The van der Waals surface area contributed by atoms with E-state index in [0.29, 0.717) is 5.56 Å². The molecule has 2 aromatic rings. The van der Waals surface area contributed by atoms with Gasteiger partial charge in [0, 0.05) is 11.1 Å². The van der Waals surface area contributed by atoms with Crippen molar-refractivity contribution < 1.29 is 19.1 Å². The first-order valence-electron chi connectivity index (χ1n) is 5.05. The molecular weight excluding hydrogens is 384 g/mol. The molecule has 0 unspecified atom stereocenters. The predicted molar refractivity (Wildman–Crippen MR) is 78.3 cm³/mol. The van der Waals surface area contributed by atoms with Crippen LogP contribution in [0.25, 0.3) is 0 Å². The number of rotatable bonds is 3. The maximum absolute atomic E-state index is 13.2. The normalized spacial score (nSPS) is 10.2. The zero-order valence-corrected chi connectivity index (χ0v) is 12.3. The van der Waals surface area contributed by atoms with Gasteiger partial charge < -0.3 is 10.4 Å². The predicted octanol–water partition coefficient (Wildman–Crippen LogP) is 3.44. The largest absolute Gasteiger partial charge is 0.478 e. The van der Waals surface area contributed by atoms with Gasteiger partial charge in [0.1, 0.15) is 5.82 Å². The van der Waals surface area contributed by atoms with E-state index >= 15 is 0 Å². The van der Waals surface area contributed by atoms with Gasteiger partial charge in [0.15, 0.2) is 0 Å². The third kappa shape index (κ3) is 3.29. The van der Waals surface area contributed by atoms with E-state index in [1.807, 2.05) is 0 Å². The number of thiophene rings is 1. The third-order valence-corrected chi connectivity index (χ3v) is 4.07. The average molecular weight is 391 g/mol. The summed E-state index contributed by atoms with van der Waals surface area (Å²) in [5.41, 5.74) is 0.248. The molecule has 0 atom stereocenters. The lowest BCUT2D eigenvalue weighted by Crippen LogP contribution is -2.12. The zero-order chi connectivity index (χ0) is 14.0. The number of aromatic carboxylic acids is 1. The van der Waals surface area contributed by atoms with Crippen LogP contribution in [0, 0.1) is 8.70 Å². The van der Waals surface area contributed by atoms with Gasteiger partial charge in [-0.05, 0) is 46.9 Å². The molecule has 0 spiro atoms. The van der Waals surface area contributed by atoms with Crippen LogP contribution in [0.5, 0.6) is 0 Å². The van der Waals surface area contributed by atoms with Crippen LogP contribution >= 0.6 is 33.9 Å². The van der Waals surface area contributed by atoms with Crippen LogP contribution in [-0.2, 0) is 0 Å². The highest BCUT2D eigenvalue weighted by molar-refractivity contribution is 14.1. The lowest BCUT2D eigenvalue weighted by Gasteiger charge is -2.05. The van der Waals surface area contributed by atoms with E-state index in [2.05, 4.69) is 27.9 Å². The van der Waals surface area contributed by atoms with E-state index < -0.39 is 17.3 Å². The smallest absolute Gasteiger partial charge is 0.338 e. The van der Waals surface area contributed by atoms with E-state index in [1.54, 1.807) is 11.4 Å². The fourth-order valence-electron chi connectivity index (χ4n) is 1.40. The molecule has 1 heterocycles. The summed E-state index contributed by atoms with van der Waals surface area (Å²) in [6.45, 7) is 0. The quantitative estimate of drug-likeness (QED) is 0.788. The van der Waals surface area contributed by atoms with Crippen LogP contribution in [0.3, 0.4) is 0 Å². The molecule has 0 fully saturated rings. The molecule has 0 saturated carbocycles. The van der Waals surface area contributed by atoms with Crippen molar-refractivity contribution in [2.45, 2.75) is 0 Å². The Kier molecular flexibility index (Phi) is 4.15. The molecule has 1 amide bonds. The molecule has 19 heavy (non-hydrogen) atoms. The lowest BCUT2D eigenvalue weighted by atomic mass is 10.2. The number of nitrogens with one attached hydrogen (secondary N) is 1. The SMILES string of the molecule is O=C(Nc1ccc(F)c(C(=O)O)c1)c1csc(I)c1. The van der Waals surface area contributed by atoms with Gasteiger partial charge in [-0.1, -0.05) is 0 Å². The van der Waals surface area contributed by atoms with Crippen molar-refractivity contribution in [3.8, 4) is 0 Å². The number of halogens is 2. The summed E-state index contributed by atoms with van der Waals surface area (Å²) < 4.78 is 14.2. The first-order valence-corrected chi connectivity index (χ1v) is 7.01. The molecule has 0 bridgehead atoms.